The number of carboxylic acids is 1. The Hall–Kier alpha value is -3.57. The summed E-state index contributed by atoms with van der Waals surface area (Å²) in [6, 6.07) is 5.81. The highest BCUT2D eigenvalue weighted by molar-refractivity contribution is 6.33. The largest absolute Gasteiger partial charge is 0.480 e. The van der Waals surface area contributed by atoms with E-state index < -0.39 is 18.0 Å². The molecule has 12 heteroatoms. The van der Waals surface area contributed by atoms with Crippen LogP contribution in [0.5, 0.6) is 5.88 Å². The van der Waals surface area contributed by atoms with Gasteiger partial charge in [-0.3, -0.25) is 9.59 Å². The van der Waals surface area contributed by atoms with Crippen molar-refractivity contribution in [3.63, 3.8) is 0 Å². The van der Waals surface area contributed by atoms with E-state index in [0.717, 1.165) is 0 Å². The normalized spacial score (nSPS) is 17.7. The highest BCUT2D eigenvalue weighted by Gasteiger charge is 2.33. The Labute approximate surface area is 201 Å². The van der Waals surface area contributed by atoms with Crippen molar-refractivity contribution in [2.24, 2.45) is 0 Å². The minimum Gasteiger partial charge on any atom is -0.480 e. The Kier molecular flexibility index (Phi) is 7.79. The smallest absolute Gasteiger partial charge is 0.337 e. The number of nitrogens with one attached hydrogen (secondary N) is 2. The van der Waals surface area contributed by atoms with E-state index >= 15 is 0 Å². The van der Waals surface area contributed by atoms with Crippen LogP contribution in [0.1, 0.15) is 34.1 Å². The first-order valence-corrected chi connectivity index (χ1v) is 10.8. The number of halogens is 1. The molecule has 2 unspecified atom stereocenters. The molecule has 5 N–H and O–H groups in total. The van der Waals surface area contributed by atoms with Crippen LogP contribution in [0.3, 0.4) is 0 Å². The van der Waals surface area contributed by atoms with E-state index in [-0.39, 0.29) is 45.5 Å². The summed E-state index contributed by atoms with van der Waals surface area (Å²) >= 11 is 6.03. The molecule has 2 atom stereocenters. The molecule has 0 radical (unpaired) electrons. The molecular weight excluding hydrogens is 466 g/mol. The van der Waals surface area contributed by atoms with Crippen molar-refractivity contribution in [1.29, 1.82) is 0 Å². The highest BCUT2D eigenvalue weighted by atomic mass is 35.5. The van der Waals surface area contributed by atoms with Crippen LogP contribution in [0.4, 0.5) is 17.2 Å². The first-order chi connectivity index (χ1) is 16.2. The predicted molar refractivity (Wildman–Crippen MR) is 127 cm³/mol. The third-order valence-electron chi connectivity index (χ3n) is 5.50. The summed E-state index contributed by atoms with van der Waals surface area (Å²) in [6.07, 6.45) is 0.0547. The number of para-hydroxylation sites is 1. The third kappa shape index (κ3) is 5.32. The SMILES string of the molecule is COc1nc(N)c(Cl)cc1C(=O)NC1CCN(c2cccc(C(=O)O)c2NC(C)=O)CC1OC. The number of hydrogen-bond donors (Lipinski definition) is 4. The van der Waals surface area contributed by atoms with Gasteiger partial charge in [0.05, 0.1) is 41.2 Å². The lowest BCUT2D eigenvalue weighted by atomic mass is 9.99. The second-order valence-corrected chi connectivity index (χ2v) is 8.09. The molecule has 1 aromatic heterocycles. The van der Waals surface area contributed by atoms with Gasteiger partial charge in [0.25, 0.3) is 5.91 Å². The van der Waals surface area contributed by atoms with Gasteiger partial charge in [-0.05, 0) is 24.6 Å². The van der Waals surface area contributed by atoms with Gasteiger partial charge in [-0.2, -0.15) is 4.98 Å². The van der Waals surface area contributed by atoms with Crippen LogP contribution < -0.4 is 26.0 Å². The molecule has 182 valence electrons. The molecule has 1 aliphatic rings. The van der Waals surface area contributed by atoms with Gasteiger partial charge in [-0.1, -0.05) is 17.7 Å². The number of carbonyl (C=O) groups excluding carboxylic acids is 2. The average molecular weight is 492 g/mol. The molecule has 2 amide bonds. The number of anilines is 3. The zero-order chi connectivity index (χ0) is 25.0. The molecule has 11 nitrogen and oxygen atoms in total. The first kappa shape index (κ1) is 25.1. The van der Waals surface area contributed by atoms with Crippen LogP contribution in [0, 0.1) is 0 Å². The van der Waals surface area contributed by atoms with Crippen molar-refractivity contribution in [3.8, 4) is 5.88 Å². The monoisotopic (exact) mass is 491 g/mol. The summed E-state index contributed by atoms with van der Waals surface area (Å²) in [5.74, 6) is -1.88. The number of aromatic nitrogens is 1. The summed E-state index contributed by atoms with van der Waals surface area (Å²) in [4.78, 5) is 42.3. The highest BCUT2D eigenvalue weighted by Crippen LogP contribution is 2.33. The van der Waals surface area contributed by atoms with Crippen molar-refractivity contribution in [2.45, 2.75) is 25.5 Å². The topological polar surface area (TPSA) is 156 Å². The molecule has 0 aliphatic carbocycles. The molecular formula is C22H26ClN5O6. The van der Waals surface area contributed by atoms with E-state index in [4.69, 9.17) is 26.8 Å². The molecule has 0 saturated carbocycles. The standard InChI is InChI=1S/C22H26ClN5O6/c1-11(29)25-18-12(22(31)32)5-4-6-16(18)28-8-7-15(17(10-28)33-2)26-20(30)13-9-14(23)19(24)27-21(13)34-3/h4-6,9,15,17H,7-8,10H2,1-3H3,(H2,24,27)(H,25,29)(H,26,30)(H,31,32). The number of carboxylic acid groups (broad SMARTS) is 1. The number of carbonyl (C=O) groups is 3. The van der Waals surface area contributed by atoms with Crippen LogP contribution in [-0.4, -0.2) is 67.3 Å². The maximum absolute atomic E-state index is 13.0. The molecule has 1 aliphatic heterocycles. The van der Waals surface area contributed by atoms with Gasteiger partial charge < -0.3 is 35.8 Å². The second-order valence-electron chi connectivity index (χ2n) is 7.69. The van der Waals surface area contributed by atoms with E-state index in [1.54, 1.807) is 12.1 Å². The van der Waals surface area contributed by atoms with Gasteiger partial charge >= 0.3 is 5.97 Å². The number of nitrogens with zero attached hydrogens (tertiary/aromatic N) is 2. The van der Waals surface area contributed by atoms with Crippen LogP contribution in [0.15, 0.2) is 24.3 Å². The number of nitrogens with two attached hydrogens (primary N) is 1. The van der Waals surface area contributed by atoms with Gasteiger partial charge in [0.15, 0.2) is 0 Å². The van der Waals surface area contributed by atoms with E-state index in [2.05, 4.69) is 15.6 Å². The predicted octanol–water partition coefficient (Wildman–Crippen LogP) is 2.01. The number of benzene rings is 1. The second kappa shape index (κ2) is 10.6. The van der Waals surface area contributed by atoms with Crippen molar-refractivity contribution in [2.75, 3.05) is 43.3 Å². The zero-order valence-electron chi connectivity index (χ0n) is 18.9. The lowest BCUT2D eigenvalue weighted by Gasteiger charge is -2.40. The van der Waals surface area contributed by atoms with Gasteiger partial charge in [-0.25, -0.2) is 4.79 Å². The van der Waals surface area contributed by atoms with E-state index in [1.165, 1.54) is 33.3 Å². The van der Waals surface area contributed by atoms with Crippen molar-refractivity contribution < 1.29 is 29.0 Å². The summed E-state index contributed by atoms with van der Waals surface area (Å²) in [5.41, 5.74) is 6.58. The number of pyridine rings is 1. The Morgan fingerprint density at radius 1 is 1.26 bits per heavy atom. The number of methoxy groups -OCH3 is 2. The minimum absolute atomic E-state index is 0.0167. The Morgan fingerprint density at radius 3 is 2.62 bits per heavy atom. The van der Waals surface area contributed by atoms with Crippen LogP contribution in [0.25, 0.3) is 0 Å². The Morgan fingerprint density at radius 2 is 2.00 bits per heavy atom. The summed E-state index contributed by atoms with van der Waals surface area (Å²) in [6.45, 7) is 2.13. The van der Waals surface area contributed by atoms with Gasteiger partial charge in [-0.15, -0.1) is 0 Å². The Balaban J connectivity index is 1.82. The van der Waals surface area contributed by atoms with Crippen LogP contribution in [0.2, 0.25) is 5.02 Å². The number of piperidine rings is 1. The number of ether oxygens (including phenoxy) is 2. The Bertz CT molecular complexity index is 1110. The van der Waals surface area contributed by atoms with Gasteiger partial charge in [0, 0.05) is 27.1 Å². The summed E-state index contributed by atoms with van der Waals surface area (Å²) in [7, 11) is 2.90. The number of rotatable bonds is 7. The molecule has 2 aromatic rings. The van der Waals surface area contributed by atoms with Crippen molar-refractivity contribution >= 4 is 46.6 Å². The molecule has 2 heterocycles. The number of nitrogen functional groups attached to an aromatic ring is 1. The van der Waals surface area contributed by atoms with E-state index in [1.807, 2.05) is 4.90 Å². The number of amides is 2. The average Bonchev–Trinajstić information content (AvgIpc) is 2.80. The lowest BCUT2D eigenvalue weighted by molar-refractivity contribution is -0.114. The molecule has 1 saturated heterocycles. The summed E-state index contributed by atoms with van der Waals surface area (Å²) < 4.78 is 10.8. The van der Waals surface area contributed by atoms with Crippen LogP contribution >= 0.6 is 11.6 Å². The molecule has 1 fully saturated rings. The fraction of sp³-hybridized carbons (Fsp3) is 0.364. The van der Waals surface area contributed by atoms with Crippen molar-refractivity contribution in [3.05, 3.63) is 40.4 Å². The fourth-order valence-corrected chi connectivity index (χ4v) is 4.03. The lowest BCUT2D eigenvalue weighted by Crippen LogP contribution is -2.55. The molecule has 1 aromatic carbocycles. The number of hydrogen-bond acceptors (Lipinski definition) is 8. The molecule has 34 heavy (non-hydrogen) atoms. The number of aromatic carboxylic acids is 1. The van der Waals surface area contributed by atoms with E-state index in [9.17, 15) is 19.5 Å². The maximum Gasteiger partial charge on any atom is 0.337 e. The zero-order valence-corrected chi connectivity index (χ0v) is 19.7. The third-order valence-corrected chi connectivity index (χ3v) is 5.80. The van der Waals surface area contributed by atoms with E-state index in [0.29, 0.717) is 25.2 Å². The fourth-order valence-electron chi connectivity index (χ4n) is 3.88. The van der Waals surface area contributed by atoms with Crippen molar-refractivity contribution in [1.82, 2.24) is 10.3 Å². The minimum atomic E-state index is -1.15. The van der Waals surface area contributed by atoms with Crippen LogP contribution in [-0.2, 0) is 9.53 Å². The van der Waals surface area contributed by atoms with Gasteiger partial charge in [0.2, 0.25) is 11.8 Å². The molecule has 0 bridgehead atoms. The molecule has 0 spiro atoms. The quantitative estimate of drug-likeness (QED) is 0.454. The molecule has 3 rings (SSSR count). The first-order valence-electron chi connectivity index (χ1n) is 10.4. The summed E-state index contributed by atoms with van der Waals surface area (Å²) in [5, 5.41) is 15.2. The maximum atomic E-state index is 13.0. The van der Waals surface area contributed by atoms with Gasteiger partial charge in [0.1, 0.15) is 11.4 Å².